The number of rotatable bonds is 3. The molecule has 0 nitrogen and oxygen atoms in total. The van der Waals surface area contributed by atoms with Gasteiger partial charge in [-0.3, -0.25) is 0 Å². The highest BCUT2D eigenvalue weighted by molar-refractivity contribution is 6.10. The Morgan fingerprint density at radius 2 is 1.75 bits per heavy atom. The zero-order chi connectivity index (χ0) is 14.1. The van der Waals surface area contributed by atoms with Crippen LogP contribution in [0.1, 0.15) is 18.1 Å². The maximum atomic E-state index is 4.12. The molecule has 0 heterocycles. The summed E-state index contributed by atoms with van der Waals surface area (Å²) in [5.74, 6) is 0. The van der Waals surface area contributed by atoms with Gasteiger partial charge in [0, 0.05) is 10.2 Å². The largest absolute Gasteiger partial charge is 0.0955 e. The van der Waals surface area contributed by atoms with Crippen molar-refractivity contribution in [3.63, 3.8) is 0 Å². The van der Waals surface area contributed by atoms with Crippen molar-refractivity contribution in [3.8, 4) is 0 Å². The maximum Gasteiger partial charge on any atom is 0.0225 e. The van der Waals surface area contributed by atoms with E-state index in [1.807, 2.05) is 0 Å². The van der Waals surface area contributed by atoms with E-state index < -0.39 is 0 Å². The molecule has 3 rings (SSSR count). The summed E-state index contributed by atoms with van der Waals surface area (Å²) in [7, 11) is 3.64. The number of allylic oxidation sites excluding steroid dienone is 1. The lowest BCUT2D eigenvalue weighted by Gasteiger charge is -2.14. The molecule has 0 saturated heterocycles. The number of hydrogen-bond acceptors (Lipinski definition) is 0. The second kappa shape index (κ2) is 5.26. The van der Waals surface area contributed by atoms with E-state index in [1.54, 1.807) is 0 Å². The van der Waals surface area contributed by atoms with Gasteiger partial charge >= 0.3 is 0 Å². The fourth-order valence-electron chi connectivity index (χ4n) is 2.95. The molecule has 0 amide bonds. The van der Waals surface area contributed by atoms with E-state index >= 15 is 0 Å². The average molecular weight is 273 g/mol. The third-order valence-corrected chi connectivity index (χ3v) is 4.10. The predicted octanol–water partition coefficient (Wildman–Crippen LogP) is 5.16. The van der Waals surface area contributed by atoms with Gasteiger partial charge in [0.2, 0.25) is 0 Å². The Morgan fingerprint density at radius 3 is 2.50 bits per heavy atom. The van der Waals surface area contributed by atoms with Crippen molar-refractivity contribution in [2.75, 3.05) is 0 Å². The molecule has 0 bridgehead atoms. The maximum absolute atomic E-state index is 4.12. The van der Waals surface area contributed by atoms with Gasteiger partial charge in [-0.15, -0.1) is 0 Å². The van der Waals surface area contributed by atoms with E-state index in [9.17, 15) is 0 Å². The van der Waals surface area contributed by atoms with Crippen molar-refractivity contribution in [2.24, 2.45) is 0 Å². The van der Waals surface area contributed by atoms with Crippen LogP contribution in [0.3, 0.4) is 0 Å². The van der Waals surface area contributed by atoms with E-state index in [0.717, 1.165) is 18.0 Å². The van der Waals surface area contributed by atoms with E-state index in [4.69, 9.17) is 0 Å². The van der Waals surface area contributed by atoms with Crippen LogP contribution in [0, 0.1) is 0 Å². The first-order valence-corrected chi connectivity index (χ1v) is 7.67. The third kappa shape index (κ3) is 2.08. The molecule has 1 heteroatoms. The highest BCUT2D eigenvalue weighted by Crippen LogP contribution is 2.33. The SMILES string of the molecule is C=C(C)c1cccc2c(CC[Si])c3ccccc3cc12. The van der Waals surface area contributed by atoms with Crippen LogP contribution < -0.4 is 0 Å². The van der Waals surface area contributed by atoms with Crippen molar-refractivity contribution in [3.05, 3.63) is 66.2 Å². The number of aryl methyl sites for hydroxylation is 1. The van der Waals surface area contributed by atoms with Gasteiger partial charge in [-0.2, -0.15) is 0 Å². The van der Waals surface area contributed by atoms with Gasteiger partial charge in [-0.05, 0) is 52.1 Å². The number of fused-ring (bicyclic) bond motifs is 2. The molecule has 0 aliphatic carbocycles. The van der Waals surface area contributed by atoms with Crippen LogP contribution in [0.4, 0.5) is 0 Å². The van der Waals surface area contributed by atoms with Gasteiger partial charge in [0.1, 0.15) is 0 Å². The summed E-state index contributed by atoms with van der Waals surface area (Å²) in [5, 5.41) is 5.33. The minimum Gasteiger partial charge on any atom is -0.0955 e. The van der Waals surface area contributed by atoms with E-state index in [-0.39, 0.29) is 0 Å². The van der Waals surface area contributed by atoms with Crippen molar-refractivity contribution in [1.29, 1.82) is 0 Å². The molecule has 3 radical (unpaired) electrons. The molecular formula is C19H17Si. The van der Waals surface area contributed by atoms with Crippen molar-refractivity contribution < 1.29 is 0 Å². The molecule has 3 aromatic carbocycles. The molecule has 0 aliphatic heterocycles. The summed E-state index contributed by atoms with van der Waals surface area (Å²) in [4.78, 5) is 0. The van der Waals surface area contributed by atoms with Gasteiger partial charge in [-0.25, -0.2) is 0 Å². The van der Waals surface area contributed by atoms with E-state index in [2.05, 4.69) is 72.3 Å². The Balaban J connectivity index is 2.49. The Hall–Kier alpha value is -1.86. The van der Waals surface area contributed by atoms with Crippen molar-refractivity contribution in [2.45, 2.75) is 19.4 Å². The highest BCUT2D eigenvalue weighted by Gasteiger charge is 2.09. The summed E-state index contributed by atoms with van der Waals surface area (Å²) >= 11 is 0. The monoisotopic (exact) mass is 273 g/mol. The molecule has 0 spiro atoms. The molecule has 0 unspecified atom stereocenters. The first-order chi connectivity index (χ1) is 9.72. The van der Waals surface area contributed by atoms with Gasteiger partial charge < -0.3 is 0 Å². The average Bonchev–Trinajstić information content (AvgIpc) is 2.46. The van der Waals surface area contributed by atoms with Crippen LogP contribution in [0.25, 0.3) is 27.1 Å². The standard InChI is InChI=1S/C19H17Si/c1-13(2)15-8-5-9-17-18(10-11-20)16-7-4-3-6-14(16)12-19(15)17/h3-9,12H,1,10-11H2,2H3. The predicted molar refractivity (Wildman–Crippen MR) is 90.4 cm³/mol. The normalized spacial score (nSPS) is 11.1. The molecule has 0 saturated carbocycles. The van der Waals surface area contributed by atoms with Crippen molar-refractivity contribution >= 4 is 37.4 Å². The van der Waals surface area contributed by atoms with Crippen LogP contribution >= 0.6 is 0 Å². The molecule has 0 N–H and O–H groups in total. The Kier molecular flexibility index (Phi) is 3.45. The summed E-state index contributed by atoms with van der Waals surface area (Å²) in [6.07, 6.45) is 1.04. The van der Waals surface area contributed by atoms with Gasteiger partial charge in [0.05, 0.1) is 0 Å². The molecule has 0 aliphatic rings. The second-order valence-corrected chi connectivity index (χ2v) is 5.76. The lowest BCUT2D eigenvalue weighted by atomic mass is 9.91. The second-order valence-electron chi connectivity index (χ2n) is 5.26. The Morgan fingerprint density at radius 1 is 1.00 bits per heavy atom. The van der Waals surface area contributed by atoms with Crippen LogP contribution in [-0.2, 0) is 6.42 Å². The molecule has 0 atom stereocenters. The fourth-order valence-corrected chi connectivity index (χ4v) is 3.20. The zero-order valence-corrected chi connectivity index (χ0v) is 12.7. The molecular weight excluding hydrogens is 256 g/mol. The third-order valence-electron chi connectivity index (χ3n) is 3.85. The van der Waals surface area contributed by atoms with Gasteiger partial charge in [-0.1, -0.05) is 60.7 Å². The van der Waals surface area contributed by atoms with Crippen LogP contribution in [0.2, 0.25) is 6.04 Å². The van der Waals surface area contributed by atoms with E-state index in [0.29, 0.717) is 0 Å². The smallest absolute Gasteiger partial charge is 0.0225 e. The molecule has 0 aromatic heterocycles. The minimum absolute atomic E-state index is 0.973. The first kappa shape index (κ1) is 13.1. The quantitative estimate of drug-likeness (QED) is 0.457. The molecule has 20 heavy (non-hydrogen) atoms. The number of benzene rings is 3. The first-order valence-electron chi connectivity index (χ1n) is 6.96. The van der Waals surface area contributed by atoms with Gasteiger partial charge in [0.25, 0.3) is 0 Å². The molecule has 97 valence electrons. The van der Waals surface area contributed by atoms with Crippen LogP contribution in [-0.4, -0.2) is 10.2 Å². The summed E-state index contributed by atoms with van der Waals surface area (Å²) in [6, 6.07) is 18.4. The fraction of sp³-hybridized carbons (Fsp3) is 0.158. The lowest BCUT2D eigenvalue weighted by molar-refractivity contribution is 1.17. The lowest BCUT2D eigenvalue weighted by Crippen LogP contribution is -1.92. The zero-order valence-electron chi connectivity index (χ0n) is 11.7. The van der Waals surface area contributed by atoms with Crippen molar-refractivity contribution in [1.82, 2.24) is 0 Å². The van der Waals surface area contributed by atoms with Crippen LogP contribution in [0.15, 0.2) is 55.1 Å². The summed E-state index contributed by atoms with van der Waals surface area (Å²) in [6.45, 7) is 6.20. The minimum atomic E-state index is 0.973. The van der Waals surface area contributed by atoms with E-state index in [1.165, 1.54) is 32.7 Å². The Labute approximate surface area is 123 Å². The highest BCUT2D eigenvalue weighted by atomic mass is 28.1. The van der Waals surface area contributed by atoms with Gasteiger partial charge in [0.15, 0.2) is 0 Å². The molecule has 3 aromatic rings. The number of hydrogen-bond donors (Lipinski definition) is 0. The Bertz CT molecular complexity index is 799. The van der Waals surface area contributed by atoms with Crippen LogP contribution in [0.5, 0.6) is 0 Å². The molecule has 0 fully saturated rings. The topological polar surface area (TPSA) is 0 Å². The summed E-state index contributed by atoms with van der Waals surface area (Å²) in [5.41, 5.74) is 3.80. The summed E-state index contributed by atoms with van der Waals surface area (Å²) < 4.78 is 0.